The highest BCUT2D eigenvalue weighted by molar-refractivity contribution is 7.88. The maximum absolute atomic E-state index is 11.8. The summed E-state index contributed by atoms with van der Waals surface area (Å²) in [4.78, 5) is 11.8. The Morgan fingerprint density at radius 3 is 2.67 bits per heavy atom. The van der Waals surface area contributed by atoms with Crippen LogP contribution in [0.1, 0.15) is 44.9 Å². The zero-order valence-electron chi connectivity index (χ0n) is 11.1. The summed E-state index contributed by atoms with van der Waals surface area (Å²) in [5, 5.41) is 0. The fraction of sp³-hybridized carbons (Fsp3) is 0.923. The number of piperidine rings is 1. The van der Waals surface area contributed by atoms with Gasteiger partial charge in [-0.2, -0.15) is 0 Å². The highest BCUT2D eigenvalue weighted by Gasteiger charge is 2.30. The van der Waals surface area contributed by atoms with Gasteiger partial charge in [-0.05, 0) is 38.0 Å². The number of Topliss-reactive ketones (excluding diaryl/α,β-unsaturated/α-hetero) is 1. The van der Waals surface area contributed by atoms with Crippen LogP contribution in [0.5, 0.6) is 0 Å². The SMILES string of the molecule is CS(=O)(=O)N1CCCC(CC2CCCCC2=O)C1. The van der Waals surface area contributed by atoms with E-state index in [-0.39, 0.29) is 5.92 Å². The molecule has 0 bridgehead atoms. The van der Waals surface area contributed by atoms with Crippen molar-refractivity contribution in [3.05, 3.63) is 0 Å². The maximum Gasteiger partial charge on any atom is 0.211 e. The quantitative estimate of drug-likeness (QED) is 0.788. The fourth-order valence-corrected chi connectivity index (χ4v) is 4.17. The first-order valence-corrected chi connectivity index (χ1v) is 8.79. The Labute approximate surface area is 110 Å². The molecule has 0 radical (unpaired) electrons. The first-order chi connectivity index (χ1) is 8.47. The molecule has 0 N–H and O–H groups in total. The number of hydrogen-bond donors (Lipinski definition) is 0. The highest BCUT2D eigenvalue weighted by Crippen LogP contribution is 2.30. The Morgan fingerprint density at radius 1 is 1.22 bits per heavy atom. The largest absolute Gasteiger partial charge is 0.299 e. The molecule has 104 valence electrons. The number of carbonyl (C=O) groups excluding carboxylic acids is 1. The summed E-state index contributed by atoms with van der Waals surface area (Å²) >= 11 is 0. The van der Waals surface area contributed by atoms with E-state index >= 15 is 0 Å². The standard InChI is InChI=1S/C13H23NO3S/c1-18(16,17)14-8-4-5-11(10-14)9-12-6-2-3-7-13(12)15/h11-12H,2-10H2,1H3. The number of sulfonamides is 1. The van der Waals surface area contributed by atoms with Crippen LogP contribution < -0.4 is 0 Å². The van der Waals surface area contributed by atoms with Crippen molar-refractivity contribution in [1.82, 2.24) is 4.31 Å². The number of hydrogen-bond acceptors (Lipinski definition) is 3. The predicted octanol–water partition coefficient (Wildman–Crippen LogP) is 1.81. The van der Waals surface area contributed by atoms with E-state index in [0.717, 1.165) is 44.9 Å². The summed E-state index contributed by atoms with van der Waals surface area (Å²) in [5.74, 6) is 0.974. The van der Waals surface area contributed by atoms with Gasteiger partial charge in [0.2, 0.25) is 10.0 Å². The molecule has 2 rings (SSSR count). The Balaban J connectivity index is 1.91. The number of nitrogens with zero attached hydrogens (tertiary/aromatic N) is 1. The smallest absolute Gasteiger partial charge is 0.211 e. The van der Waals surface area contributed by atoms with Gasteiger partial charge in [0, 0.05) is 25.4 Å². The Kier molecular flexibility index (Phi) is 4.43. The molecule has 2 atom stereocenters. The Bertz CT molecular complexity index is 404. The monoisotopic (exact) mass is 273 g/mol. The number of rotatable bonds is 3. The predicted molar refractivity (Wildman–Crippen MR) is 70.7 cm³/mol. The zero-order valence-corrected chi connectivity index (χ0v) is 11.9. The van der Waals surface area contributed by atoms with Crippen molar-refractivity contribution < 1.29 is 13.2 Å². The molecular formula is C13H23NO3S. The van der Waals surface area contributed by atoms with Crippen molar-refractivity contribution in [2.75, 3.05) is 19.3 Å². The van der Waals surface area contributed by atoms with Crippen LogP contribution >= 0.6 is 0 Å². The molecular weight excluding hydrogens is 250 g/mol. The first-order valence-electron chi connectivity index (χ1n) is 6.94. The van der Waals surface area contributed by atoms with Gasteiger partial charge >= 0.3 is 0 Å². The molecule has 1 heterocycles. The maximum atomic E-state index is 11.8. The molecule has 0 aromatic carbocycles. The van der Waals surface area contributed by atoms with E-state index in [0.29, 0.717) is 24.8 Å². The summed E-state index contributed by atoms with van der Waals surface area (Å²) in [7, 11) is -3.06. The van der Waals surface area contributed by atoms with E-state index in [2.05, 4.69) is 0 Å². The van der Waals surface area contributed by atoms with Gasteiger partial charge in [-0.3, -0.25) is 4.79 Å². The molecule has 2 fully saturated rings. The third-order valence-electron chi connectivity index (χ3n) is 4.25. The molecule has 5 heteroatoms. The fourth-order valence-electron chi connectivity index (χ4n) is 3.23. The van der Waals surface area contributed by atoms with Crippen LogP contribution in [0, 0.1) is 11.8 Å². The van der Waals surface area contributed by atoms with Crippen molar-refractivity contribution in [3.63, 3.8) is 0 Å². The molecule has 1 saturated heterocycles. The van der Waals surface area contributed by atoms with Gasteiger partial charge < -0.3 is 0 Å². The lowest BCUT2D eigenvalue weighted by Gasteiger charge is -2.33. The summed E-state index contributed by atoms with van der Waals surface area (Å²) in [5.41, 5.74) is 0. The van der Waals surface area contributed by atoms with Crippen LogP contribution in [-0.4, -0.2) is 37.9 Å². The van der Waals surface area contributed by atoms with Gasteiger partial charge in [0.25, 0.3) is 0 Å². The molecule has 0 aromatic rings. The van der Waals surface area contributed by atoms with Gasteiger partial charge in [-0.15, -0.1) is 0 Å². The van der Waals surface area contributed by atoms with E-state index < -0.39 is 10.0 Å². The van der Waals surface area contributed by atoms with E-state index in [4.69, 9.17) is 0 Å². The van der Waals surface area contributed by atoms with Crippen molar-refractivity contribution in [2.45, 2.75) is 44.9 Å². The van der Waals surface area contributed by atoms with Crippen molar-refractivity contribution in [3.8, 4) is 0 Å². The van der Waals surface area contributed by atoms with Crippen molar-refractivity contribution >= 4 is 15.8 Å². The topological polar surface area (TPSA) is 54.5 Å². The van der Waals surface area contributed by atoms with Gasteiger partial charge in [-0.25, -0.2) is 12.7 Å². The number of carbonyl (C=O) groups is 1. The average Bonchev–Trinajstić information content (AvgIpc) is 2.31. The van der Waals surface area contributed by atoms with Gasteiger partial charge in [0.05, 0.1) is 6.26 Å². The Morgan fingerprint density at radius 2 is 2.00 bits per heavy atom. The Hall–Kier alpha value is -0.420. The summed E-state index contributed by atoms with van der Waals surface area (Å²) < 4.78 is 24.7. The van der Waals surface area contributed by atoms with Crippen LogP contribution in [0.2, 0.25) is 0 Å². The van der Waals surface area contributed by atoms with Gasteiger partial charge in [0.1, 0.15) is 5.78 Å². The molecule has 0 spiro atoms. The lowest BCUT2D eigenvalue weighted by atomic mass is 9.80. The lowest BCUT2D eigenvalue weighted by Crippen LogP contribution is -2.40. The minimum absolute atomic E-state index is 0.197. The average molecular weight is 273 g/mol. The minimum Gasteiger partial charge on any atom is -0.299 e. The normalized spacial score (nSPS) is 31.5. The third-order valence-corrected chi connectivity index (χ3v) is 5.52. The second kappa shape index (κ2) is 5.70. The molecule has 1 aliphatic carbocycles. The van der Waals surface area contributed by atoms with E-state index in [1.165, 1.54) is 6.26 Å². The minimum atomic E-state index is -3.06. The number of ketones is 1. The second-order valence-corrected chi connectivity index (χ2v) is 7.76. The highest BCUT2D eigenvalue weighted by atomic mass is 32.2. The summed E-state index contributed by atoms with van der Waals surface area (Å²) in [6.45, 7) is 1.26. The summed E-state index contributed by atoms with van der Waals surface area (Å²) in [6.07, 6.45) is 8.09. The van der Waals surface area contributed by atoms with Crippen LogP contribution in [0.3, 0.4) is 0 Å². The summed E-state index contributed by atoms with van der Waals surface area (Å²) in [6, 6.07) is 0. The van der Waals surface area contributed by atoms with E-state index in [1.54, 1.807) is 4.31 Å². The second-order valence-electron chi connectivity index (χ2n) is 5.77. The molecule has 2 unspecified atom stereocenters. The van der Waals surface area contributed by atoms with Crippen LogP contribution in [0.25, 0.3) is 0 Å². The molecule has 0 amide bonds. The molecule has 2 aliphatic rings. The van der Waals surface area contributed by atoms with Crippen molar-refractivity contribution in [1.29, 1.82) is 0 Å². The first kappa shape index (κ1) is 14.0. The van der Waals surface area contributed by atoms with E-state index in [9.17, 15) is 13.2 Å². The zero-order chi connectivity index (χ0) is 13.2. The van der Waals surface area contributed by atoms with Crippen LogP contribution in [-0.2, 0) is 14.8 Å². The molecule has 18 heavy (non-hydrogen) atoms. The van der Waals surface area contributed by atoms with Crippen molar-refractivity contribution in [2.24, 2.45) is 11.8 Å². The molecule has 4 nitrogen and oxygen atoms in total. The van der Waals surface area contributed by atoms with Crippen LogP contribution in [0.4, 0.5) is 0 Å². The van der Waals surface area contributed by atoms with Crippen LogP contribution in [0.15, 0.2) is 0 Å². The molecule has 1 saturated carbocycles. The van der Waals surface area contributed by atoms with Gasteiger partial charge in [-0.1, -0.05) is 6.42 Å². The third kappa shape index (κ3) is 3.54. The van der Waals surface area contributed by atoms with E-state index in [1.807, 2.05) is 0 Å². The van der Waals surface area contributed by atoms with Gasteiger partial charge in [0.15, 0.2) is 0 Å². The lowest BCUT2D eigenvalue weighted by molar-refractivity contribution is -0.125. The molecule has 0 aromatic heterocycles. The molecule has 1 aliphatic heterocycles.